The number of hydrogen-bond acceptors (Lipinski definition) is 9. The summed E-state index contributed by atoms with van der Waals surface area (Å²) in [6.07, 6.45) is 13.4. The Morgan fingerprint density at radius 3 is 2.64 bits per heavy atom. The zero-order valence-corrected chi connectivity index (χ0v) is 22.0. The van der Waals surface area contributed by atoms with Crippen molar-refractivity contribution in [2.45, 2.75) is 69.4 Å². The quantitative estimate of drug-likeness (QED) is 0.458. The fraction of sp³-hybridized carbons (Fsp3) is 0.621. The normalized spacial score (nSPS) is 31.1. The minimum atomic E-state index is -0.496. The summed E-state index contributed by atoms with van der Waals surface area (Å²) in [7, 11) is 0. The van der Waals surface area contributed by atoms with Crippen LogP contribution in [0, 0.1) is 23.7 Å². The first-order chi connectivity index (χ1) is 18.9. The van der Waals surface area contributed by atoms with E-state index in [0.717, 1.165) is 55.5 Å². The van der Waals surface area contributed by atoms with Crippen LogP contribution in [0.3, 0.4) is 0 Å². The maximum Gasteiger partial charge on any atom is 0.262 e. The first-order valence-electron chi connectivity index (χ1n) is 14.3. The fourth-order valence-electron chi connectivity index (χ4n) is 8.18. The number of ketones is 1. The van der Waals surface area contributed by atoms with Crippen LogP contribution in [0.5, 0.6) is 0 Å². The first kappa shape index (κ1) is 24.9. The highest BCUT2D eigenvalue weighted by Gasteiger charge is 2.55. The third kappa shape index (κ3) is 4.47. The second-order valence-electron chi connectivity index (χ2n) is 12.4. The zero-order chi connectivity index (χ0) is 26.7. The lowest BCUT2D eigenvalue weighted by molar-refractivity contribution is -0.135. The minimum absolute atomic E-state index is 0.0673. The van der Waals surface area contributed by atoms with Crippen molar-refractivity contribution in [3.8, 4) is 11.5 Å². The molecular weight excluding hydrogens is 498 g/mol. The molecule has 5 fully saturated rings. The fourth-order valence-corrected chi connectivity index (χ4v) is 8.18. The number of fused-ring (bicyclic) bond motifs is 1. The van der Waals surface area contributed by atoms with Crippen LogP contribution in [0.15, 0.2) is 16.8 Å². The number of carbonyl (C=O) groups is 2. The van der Waals surface area contributed by atoms with Crippen molar-refractivity contribution in [2.24, 2.45) is 23.7 Å². The van der Waals surface area contributed by atoms with E-state index >= 15 is 0 Å². The number of likely N-dealkylation sites (tertiary alicyclic amines) is 1. The molecule has 2 aromatic rings. The number of Topliss-reactive ketones (excluding diaryl/α,β-unsaturated/α-hetero) is 1. The third-order valence-corrected chi connectivity index (χ3v) is 9.83. The number of aromatic nitrogens is 3. The van der Waals surface area contributed by atoms with Crippen LogP contribution < -0.4 is 5.32 Å². The lowest BCUT2D eigenvalue weighted by Crippen LogP contribution is -2.59. The predicted molar refractivity (Wildman–Crippen MR) is 142 cm³/mol. The molecule has 5 aliphatic carbocycles. The number of amides is 1. The number of aliphatic hydroxyl groups excluding tert-OH is 1. The van der Waals surface area contributed by atoms with E-state index in [-0.39, 0.29) is 35.4 Å². The standard InChI is InChI=1S/C29H35N5O5/c35-15-24(37)34-6-4-16(5-7-34)10-23(36)27-32-28(39-33-27)21-14-30-22-3-1-2-20(22)26(21)31-25-18-8-17-9-19(25)13-29(38,11-17)12-18/h1-2,14,16-19,25,35,38H,3-13,15H2,(H,30,31)/t17?,18-,19+,25?,29?. The molecule has 4 saturated carbocycles. The van der Waals surface area contributed by atoms with Crippen molar-refractivity contribution in [1.29, 1.82) is 0 Å². The van der Waals surface area contributed by atoms with Crippen molar-refractivity contribution in [3.63, 3.8) is 0 Å². The van der Waals surface area contributed by atoms with Crippen LogP contribution in [0.2, 0.25) is 0 Å². The van der Waals surface area contributed by atoms with E-state index in [4.69, 9.17) is 9.63 Å². The number of nitrogens with one attached hydrogen (secondary N) is 1. The number of rotatable bonds is 7. The van der Waals surface area contributed by atoms with Crippen LogP contribution in [0.1, 0.15) is 73.2 Å². The highest BCUT2D eigenvalue weighted by Crippen LogP contribution is 2.56. The molecule has 0 radical (unpaired) electrons. The Balaban J connectivity index is 1.10. The molecule has 6 aliphatic rings. The summed E-state index contributed by atoms with van der Waals surface area (Å²) in [6.45, 7) is 0.600. The summed E-state index contributed by atoms with van der Waals surface area (Å²) in [6, 6.07) is 0.272. The number of piperidine rings is 1. The van der Waals surface area contributed by atoms with Gasteiger partial charge in [0.25, 0.3) is 5.89 Å². The van der Waals surface area contributed by atoms with E-state index < -0.39 is 12.2 Å². The number of anilines is 1. The van der Waals surface area contributed by atoms with Crippen molar-refractivity contribution in [1.82, 2.24) is 20.0 Å². The zero-order valence-electron chi connectivity index (χ0n) is 22.0. The van der Waals surface area contributed by atoms with Gasteiger partial charge in [0.05, 0.1) is 22.5 Å². The molecule has 2 aromatic heterocycles. The van der Waals surface area contributed by atoms with E-state index in [2.05, 4.69) is 32.6 Å². The Kier molecular flexibility index (Phi) is 6.08. The number of hydrogen-bond donors (Lipinski definition) is 3. The summed E-state index contributed by atoms with van der Waals surface area (Å²) >= 11 is 0. The van der Waals surface area contributed by atoms with E-state index in [1.165, 1.54) is 0 Å². The SMILES string of the molecule is O=C(CC1CCN(C(=O)CO)CC1)c1noc(-c2cnc3c(c2NC2[C@@H]4CC5C[C@H]2CC(O)(C5)C4)C=CC3)n1. The van der Waals surface area contributed by atoms with Gasteiger partial charge in [0.1, 0.15) is 6.61 Å². The van der Waals surface area contributed by atoms with Gasteiger partial charge in [-0.05, 0) is 68.6 Å². The van der Waals surface area contributed by atoms with Gasteiger partial charge >= 0.3 is 0 Å². The molecule has 10 heteroatoms. The average Bonchev–Trinajstić information content (AvgIpc) is 3.60. The van der Waals surface area contributed by atoms with Gasteiger partial charge < -0.3 is 25.0 Å². The molecular formula is C29H35N5O5. The Morgan fingerprint density at radius 1 is 1.15 bits per heavy atom. The number of aliphatic hydroxyl groups is 2. The smallest absolute Gasteiger partial charge is 0.262 e. The largest absolute Gasteiger partial charge is 0.390 e. The molecule has 3 unspecified atom stereocenters. The number of nitrogens with zero attached hydrogens (tertiary/aromatic N) is 4. The van der Waals surface area contributed by atoms with Crippen molar-refractivity contribution < 1.29 is 24.3 Å². The first-order valence-corrected chi connectivity index (χ1v) is 14.3. The van der Waals surface area contributed by atoms with Gasteiger partial charge in [-0.15, -0.1) is 0 Å². The van der Waals surface area contributed by atoms with Crippen LogP contribution in [0.4, 0.5) is 5.69 Å². The van der Waals surface area contributed by atoms with E-state index in [1.54, 1.807) is 11.1 Å². The van der Waals surface area contributed by atoms with Crippen LogP contribution in [-0.4, -0.2) is 73.3 Å². The predicted octanol–water partition coefficient (Wildman–Crippen LogP) is 2.86. The third-order valence-electron chi connectivity index (χ3n) is 9.83. The summed E-state index contributed by atoms with van der Waals surface area (Å²) in [5, 5.41) is 28.0. The molecule has 8 rings (SSSR count). The highest BCUT2D eigenvalue weighted by molar-refractivity contribution is 5.93. The van der Waals surface area contributed by atoms with E-state index in [9.17, 15) is 14.7 Å². The molecule has 3 N–H and O–H groups in total. The van der Waals surface area contributed by atoms with Crippen LogP contribution in [-0.2, 0) is 11.2 Å². The minimum Gasteiger partial charge on any atom is -0.390 e. The average molecular weight is 534 g/mol. The van der Waals surface area contributed by atoms with Gasteiger partial charge in [-0.1, -0.05) is 17.3 Å². The monoisotopic (exact) mass is 533 g/mol. The van der Waals surface area contributed by atoms with E-state index in [0.29, 0.717) is 55.7 Å². The Hall–Kier alpha value is -3.11. The van der Waals surface area contributed by atoms with Crippen LogP contribution >= 0.6 is 0 Å². The molecule has 10 nitrogen and oxygen atoms in total. The lowest BCUT2D eigenvalue weighted by Gasteiger charge is -2.58. The summed E-state index contributed by atoms with van der Waals surface area (Å²) in [5.74, 6) is 1.53. The van der Waals surface area contributed by atoms with Crippen LogP contribution in [0.25, 0.3) is 17.5 Å². The molecule has 0 aromatic carbocycles. The molecule has 39 heavy (non-hydrogen) atoms. The number of allylic oxidation sites excluding steroid dienone is 1. The second kappa shape index (κ2) is 9.52. The second-order valence-corrected chi connectivity index (χ2v) is 12.4. The maximum atomic E-state index is 13.0. The van der Waals surface area contributed by atoms with Crippen molar-refractivity contribution in [2.75, 3.05) is 25.0 Å². The molecule has 0 spiro atoms. The van der Waals surface area contributed by atoms with Gasteiger partial charge in [0.15, 0.2) is 0 Å². The molecule has 206 valence electrons. The summed E-state index contributed by atoms with van der Waals surface area (Å²) in [5.41, 5.74) is 3.18. The van der Waals surface area contributed by atoms with E-state index in [1.807, 2.05) is 0 Å². The van der Waals surface area contributed by atoms with Gasteiger partial charge in [-0.25, -0.2) is 0 Å². The summed E-state index contributed by atoms with van der Waals surface area (Å²) in [4.78, 5) is 35.6. The molecule has 3 heterocycles. The molecule has 1 amide bonds. The Morgan fingerprint density at radius 2 is 1.92 bits per heavy atom. The molecule has 1 aliphatic heterocycles. The van der Waals surface area contributed by atoms with Crippen molar-refractivity contribution >= 4 is 23.5 Å². The van der Waals surface area contributed by atoms with Gasteiger partial charge in [-0.3, -0.25) is 14.6 Å². The Bertz CT molecular complexity index is 1310. The number of pyridine rings is 1. The lowest BCUT2D eigenvalue weighted by atomic mass is 9.52. The Labute approximate surface area is 226 Å². The van der Waals surface area contributed by atoms with Crippen molar-refractivity contribution in [3.05, 3.63) is 29.4 Å². The molecule has 1 saturated heterocycles. The van der Waals surface area contributed by atoms with Gasteiger partial charge in [0, 0.05) is 43.7 Å². The molecule has 5 atom stereocenters. The molecule has 4 bridgehead atoms. The van der Waals surface area contributed by atoms with Gasteiger partial charge in [-0.2, -0.15) is 4.98 Å². The number of carbonyl (C=O) groups excluding carboxylic acids is 2. The summed E-state index contributed by atoms with van der Waals surface area (Å²) < 4.78 is 5.64. The highest BCUT2D eigenvalue weighted by atomic mass is 16.5. The maximum absolute atomic E-state index is 13.0. The topological polar surface area (TPSA) is 142 Å². The van der Waals surface area contributed by atoms with Gasteiger partial charge in [0.2, 0.25) is 17.5 Å².